The number of amides is 1. The molecule has 3 rings (SSSR count). The summed E-state index contributed by atoms with van der Waals surface area (Å²) in [5.41, 5.74) is 2.71. The van der Waals surface area contributed by atoms with E-state index in [-0.39, 0.29) is 18.3 Å². The number of nitrogens with one attached hydrogen (secondary N) is 2. The zero-order chi connectivity index (χ0) is 15.0. The van der Waals surface area contributed by atoms with E-state index >= 15 is 0 Å². The highest BCUT2D eigenvalue weighted by Crippen LogP contribution is 2.33. The SMILES string of the molecule is O=C1Cc2cc(NCc3cc(Cl)ccc3F)c(Cl)cc2N1. The Morgan fingerprint density at radius 3 is 2.86 bits per heavy atom. The van der Waals surface area contributed by atoms with E-state index in [0.717, 1.165) is 11.3 Å². The fourth-order valence-electron chi connectivity index (χ4n) is 2.25. The molecule has 0 saturated carbocycles. The number of benzene rings is 2. The molecule has 3 nitrogen and oxygen atoms in total. The van der Waals surface area contributed by atoms with Crippen molar-refractivity contribution >= 4 is 40.5 Å². The van der Waals surface area contributed by atoms with Crippen LogP contribution in [0.4, 0.5) is 15.8 Å². The van der Waals surface area contributed by atoms with Crippen molar-refractivity contribution in [2.75, 3.05) is 10.6 Å². The number of carbonyl (C=O) groups is 1. The van der Waals surface area contributed by atoms with Gasteiger partial charge in [0.05, 0.1) is 17.1 Å². The maximum Gasteiger partial charge on any atom is 0.228 e. The number of carbonyl (C=O) groups excluding carboxylic acids is 1. The summed E-state index contributed by atoms with van der Waals surface area (Å²) in [6.45, 7) is 0.256. The summed E-state index contributed by atoms with van der Waals surface area (Å²) < 4.78 is 13.7. The van der Waals surface area contributed by atoms with Crippen LogP contribution in [0.3, 0.4) is 0 Å². The fourth-order valence-corrected chi connectivity index (χ4v) is 2.68. The molecule has 0 spiro atoms. The molecule has 0 bridgehead atoms. The minimum atomic E-state index is -0.332. The summed E-state index contributed by atoms with van der Waals surface area (Å²) in [5, 5.41) is 6.75. The molecule has 0 atom stereocenters. The van der Waals surface area contributed by atoms with Crippen LogP contribution in [0.25, 0.3) is 0 Å². The lowest BCUT2D eigenvalue weighted by molar-refractivity contribution is -0.115. The van der Waals surface area contributed by atoms with Gasteiger partial charge in [0, 0.05) is 22.8 Å². The topological polar surface area (TPSA) is 41.1 Å². The highest BCUT2D eigenvalue weighted by Gasteiger charge is 2.19. The Balaban J connectivity index is 1.81. The lowest BCUT2D eigenvalue weighted by atomic mass is 10.1. The van der Waals surface area contributed by atoms with Crippen molar-refractivity contribution in [3.63, 3.8) is 0 Å². The molecule has 0 unspecified atom stereocenters. The van der Waals surface area contributed by atoms with Crippen LogP contribution < -0.4 is 10.6 Å². The Morgan fingerprint density at radius 2 is 2.05 bits per heavy atom. The Kier molecular flexibility index (Phi) is 3.74. The van der Waals surface area contributed by atoms with Crippen LogP contribution in [0.2, 0.25) is 10.0 Å². The van der Waals surface area contributed by atoms with Gasteiger partial charge in [-0.2, -0.15) is 0 Å². The van der Waals surface area contributed by atoms with Gasteiger partial charge >= 0.3 is 0 Å². The monoisotopic (exact) mass is 324 g/mol. The Morgan fingerprint density at radius 1 is 1.24 bits per heavy atom. The highest BCUT2D eigenvalue weighted by atomic mass is 35.5. The van der Waals surface area contributed by atoms with Crippen molar-refractivity contribution < 1.29 is 9.18 Å². The first-order chi connectivity index (χ1) is 10.0. The number of hydrogen-bond donors (Lipinski definition) is 2. The van der Waals surface area contributed by atoms with E-state index in [0.29, 0.717) is 27.7 Å². The molecule has 1 heterocycles. The molecule has 0 aromatic heterocycles. The Bertz CT molecular complexity index is 734. The molecule has 6 heteroatoms. The van der Waals surface area contributed by atoms with E-state index in [9.17, 15) is 9.18 Å². The minimum absolute atomic E-state index is 0.0564. The van der Waals surface area contributed by atoms with E-state index in [4.69, 9.17) is 23.2 Å². The largest absolute Gasteiger partial charge is 0.380 e. The van der Waals surface area contributed by atoms with Gasteiger partial charge in [-0.1, -0.05) is 23.2 Å². The predicted octanol–water partition coefficient (Wildman–Crippen LogP) is 4.24. The van der Waals surface area contributed by atoms with Gasteiger partial charge < -0.3 is 10.6 Å². The average Bonchev–Trinajstić information content (AvgIpc) is 2.78. The molecular weight excluding hydrogens is 314 g/mol. The third kappa shape index (κ3) is 2.96. The van der Waals surface area contributed by atoms with Gasteiger partial charge in [0.1, 0.15) is 5.82 Å². The van der Waals surface area contributed by atoms with Crippen LogP contribution in [0.15, 0.2) is 30.3 Å². The van der Waals surface area contributed by atoms with E-state index in [2.05, 4.69) is 10.6 Å². The van der Waals surface area contributed by atoms with Gasteiger partial charge in [0.15, 0.2) is 0 Å². The molecule has 2 aromatic rings. The number of halogens is 3. The van der Waals surface area contributed by atoms with Crippen LogP contribution in [-0.4, -0.2) is 5.91 Å². The fraction of sp³-hybridized carbons (Fsp3) is 0.133. The summed E-state index contributed by atoms with van der Waals surface area (Å²) in [6, 6.07) is 7.89. The molecule has 2 aromatic carbocycles. The maximum atomic E-state index is 13.7. The molecule has 108 valence electrons. The maximum absolute atomic E-state index is 13.7. The molecular formula is C15H11Cl2FN2O. The van der Waals surface area contributed by atoms with E-state index in [1.54, 1.807) is 18.2 Å². The van der Waals surface area contributed by atoms with Gasteiger partial charge in [0.2, 0.25) is 5.91 Å². The quantitative estimate of drug-likeness (QED) is 0.886. The smallest absolute Gasteiger partial charge is 0.228 e. The second-order valence-electron chi connectivity index (χ2n) is 4.80. The third-order valence-corrected chi connectivity index (χ3v) is 3.84. The van der Waals surface area contributed by atoms with Gasteiger partial charge in [0.25, 0.3) is 0 Å². The Hall–Kier alpha value is -1.78. The Labute approximate surface area is 131 Å². The molecule has 1 aliphatic heterocycles. The van der Waals surface area contributed by atoms with Crippen molar-refractivity contribution in [1.82, 2.24) is 0 Å². The first-order valence-electron chi connectivity index (χ1n) is 6.33. The van der Waals surface area contributed by atoms with Crippen molar-refractivity contribution in [3.8, 4) is 0 Å². The lowest BCUT2D eigenvalue weighted by Gasteiger charge is -2.11. The normalized spacial score (nSPS) is 13.0. The van der Waals surface area contributed by atoms with Crippen LogP contribution >= 0.6 is 23.2 Å². The summed E-state index contributed by atoms with van der Waals surface area (Å²) >= 11 is 12.0. The van der Waals surface area contributed by atoms with Crippen LogP contribution in [0.1, 0.15) is 11.1 Å². The second kappa shape index (κ2) is 5.54. The van der Waals surface area contributed by atoms with Gasteiger partial charge in [-0.3, -0.25) is 4.79 Å². The molecule has 0 fully saturated rings. The minimum Gasteiger partial charge on any atom is -0.380 e. The molecule has 0 saturated heterocycles. The highest BCUT2D eigenvalue weighted by molar-refractivity contribution is 6.33. The van der Waals surface area contributed by atoms with Crippen LogP contribution in [0, 0.1) is 5.82 Å². The van der Waals surface area contributed by atoms with Gasteiger partial charge in [-0.25, -0.2) is 4.39 Å². The van der Waals surface area contributed by atoms with Crippen LogP contribution in [-0.2, 0) is 17.8 Å². The molecule has 21 heavy (non-hydrogen) atoms. The number of anilines is 2. The average molecular weight is 325 g/mol. The third-order valence-electron chi connectivity index (χ3n) is 3.30. The van der Waals surface area contributed by atoms with Gasteiger partial charge in [-0.05, 0) is 35.9 Å². The summed E-state index contributed by atoms with van der Waals surface area (Å²) in [6.07, 6.45) is 0.326. The first-order valence-corrected chi connectivity index (χ1v) is 7.08. The van der Waals surface area contributed by atoms with Gasteiger partial charge in [-0.15, -0.1) is 0 Å². The molecule has 0 radical (unpaired) electrons. The van der Waals surface area contributed by atoms with Crippen molar-refractivity contribution in [2.24, 2.45) is 0 Å². The summed E-state index contributed by atoms with van der Waals surface area (Å²) in [4.78, 5) is 11.3. The predicted molar refractivity (Wildman–Crippen MR) is 82.5 cm³/mol. The van der Waals surface area contributed by atoms with E-state index < -0.39 is 0 Å². The molecule has 1 amide bonds. The van der Waals surface area contributed by atoms with Crippen molar-refractivity contribution in [2.45, 2.75) is 13.0 Å². The zero-order valence-electron chi connectivity index (χ0n) is 10.8. The number of hydrogen-bond acceptors (Lipinski definition) is 2. The summed E-state index contributed by atoms with van der Waals surface area (Å²) in [5.74, 6) is -0.389. The number of rotatable bonds is 3. The van der Waals surface area contributed by atoms with Crippen LogP contribution in [0.5, 0.6) is 0 Å². The lowest BCUT2D eigenvalue weighted by Crippen LogP contribution is -2.03. The van der Waals surface area contributed by atoms with E-state index in [1.807, 2.05) is 0 Å². The second-order valence-corrected chi connectivity index (χ2v) is 5.65. The van der Waals surface area contributed by atoms with Crippen molar-refractivity contribution in [1.29, 1.82) is 0 Å². The molecule has 0 aliphatic carbocycles. The zero-order valence-corrected chi connectivity index (χ0v) is 12.4. The molecule has 1 aliphatic rings. The van der Waals surface area contributed by atoms with Crippen molar-refractivity contribution in [3.05, 3.63) is 57.3 Å². The number of fused-ring (bicyclic) bond motifs is 1. The summed E-state index contributed by atoms with van der Waals surface area (Å²) in [7, 11) is 0. The molecule has 2 N–H and O–H groups in total. The first kappa shape index (κ1) is 14.2. The standard InChI is InChI=1S/C15H11Cl2FN2O/c16-10-1-2-12(18)9(3-10)7-19-14-4-8-5-15(21)20-13(8)6-11(14)17/h1-4,6,19H,5,7H2,(H,20,21). The van der Waals surface area contributed by atoms with E-state index in [1.165, 1.54) is 12.1 Å².